The molecular weight excluding hydrogens is 284 g/mol. The van der Waals surface area contributed by atoms with Gasteiger partial charge in [-0.2, -0.15) is 0 Å². The summed E-state index contributed by atoms with van der Waals surface area (Å²) in [6.07, 6.45) is 12.1. The Bertz CT molecular complexity index is 472. The first-order valence-corrected chi connectivity index (χ1v) is 10.1. The topological polar surface area (TPSA) is 29.5 Å². The van der Waals surface area contributed by atoms with Crippen molar-refractivity contribution in [3.8, 4) is 0 Å². The van der Waals surface area contributed by atoms with Gasteiger partial charge in [-0.1, -0.05) is 13.8 Å². The van der Waals surface area contributed by atoms with Gasteiger partial charge in [0.2, 0.25) is 0 Å². The van der Waals surface area contributed by atoms with Crippen molar-refractivity contribution in [2.45, 2.75) is 90.3 Å². The van der Waals surface area contributed by atoms with Crippen molar-refractivity contribution >= 4 is 0 Å². The average Bonchev–Trinajstić information content (AvgIpc) is 2.77. The first-order valence-electron chi connectivity index (χ1n) is 10.1. The predicted octanol–water partition coefficient (Wildman–Crippen LogP) is 4.80. The zero-order chi connectivity index (χ0) is 16.5. The van der Waals surface area contributed by atoms with Gasteiger partial charge in [0.15, 0.2) is 0 Å². The van der Waals surface area contributed by atoms with E-state index in [0.29, 0.717) is 11.5 Å². The molecule has 4 saturated carbocycles. The molecule has 2 nitrogen and oxygen atoms in total. The van der Waals surface area contributed by atoms with Crippen molar-refractivity contribution < 1.29 is 9.84 Å². The molecule has 0 amide bonds. The third-order valence-electron chi connectivity index (χ3n) is 9.51. The van der Waals surface area contributed by atoms with Gasteiger partial charge in [-0.15, -0.1) is 0 Å². The van der Waals surface area contributed by atoms with E-state index in [0.717, 1.165) is 30.1 Å². The van der Waals surface area contributed by atoms with Crippen LogP contribution in [0.3, 0.4) is 0 Å². The normalized spacial score (nSPS) is 59.1. The highest BCUT2D eigenvalue weighted by molar-refractivity contribution is 5.12. The van der Waals surface area contributed by atoms with E-state index in [4.69, 9.17) is 4.74 Å². The average molecular weight is 321 g/mol. The number of hydrogen-bond donors (Lipinski definition) is 1. The summed E-state index contributed by atoms with van der Waals surface area (Å²) >= 11 is 0. The summed E-state index contributed by atoms with van der Waals surface area (Å²) in [5.74, 6) is 3.39. The fourth-order valence-corrected chi connectivity index (χ4v) is 7.68. The minimum atomic E-state index is -0.436. The van der Waals surface area contributed by atoms with E-state index < -0.39 is 5.60 Å². The highest BCUT2D eigenvalue weighted by Gasteiger charge is 2.63. The van der Waals surface area contributed by atoms with Crippen LogP contribution in [0, 0.1) is 34.5 Å². The van der Waals surface area contributed by atoms with Crippen molar-refractivity contribution in [2.75, 3.05) is 7.11 Å². The Hall–Kier alpha value is -0.0800. The van der Waals surface area contributed by atoms with Crippen LogP contribution in [0.25, 0.3) is 0 Å². The second-order valence-electron chi connectivity index (χ2n) is 10.1. The van der Waals surface area contributed by atoms with Crippen LogP contribution in [-0.4, -0.2) is 23.9 Å². The Balaban J connectivity index is 1.60. The summed E-state index contributed by atoms with van der Waals surface area (Å²) in [6, 6.07) is 0. The third-order valence-corrected chi connectivity index (χ3v) is 9.51. The van der Waals surface area contributed by atoms with Crippen molar-refractivity contribution in [1.82, 2.24) is 0 Å². The summed E-state index contributed by atoms with van der Waals surface area (Å²) in [5.41, 5.74) is 0.267. The zero-order valence-corrected chi connectivity index (χ0v) is 15.6. The van der Waals surface area contributed by atoms with Crippen LogP contribution < -0.4 is 0 Å². The van der Waals surface area contributed by atoms with Crippen molar-refractivity contribution in [1.29, 1.82) is 0 Å². The van der Waals surface area contributed by atoms with Crippen molar-refractivity contribution in [2.24, 2.45) is 34.5 Å². The summed E-state index contributed by atoms with van der Waals surface area (Å²) in [4.78, 5) is 0. The molecule has 0 aromatic carbocycles. The van der Waals surface area contributed by atoms with Crippen LogP contribution >= 0.6 is 0 Å². The number of fused-ring (bicyclic) bond motifs is 5. The molecule has 0 radical (unpaired) electrons. The quantitative estimate of drug-likeness (QED) is 0.752. The third kappa shape index (κ3) is 2.13. The molecule has 132 valence electrons. The molecular formula is C21H36O2. The lowest BCUT2D eigenvalue weighted by Crippen LogP contribution is -2.56. The Labute approximate surface area is 142 Å². The largest absolute Gasteiger partial charge is 0.390 e. The molecule has 8 atom stereocenters. The second kappa shape index (κ2) is 5.21. The van der Waals surface area contributed by atoms with Gasteiger partial charge in [0.05, 0.1) is 11.7 Å². The fraction of sp³-hybridized carbons (Fsp3) is 1.00. The molecule has 0 aliphatic heterocycles. The maximum atomic E-state index is 11.0. The molecule has 4 rings (SSSR count). The van der Waals surface area contributed by atoms with E-state index in [1.165, 1.54) is 51.4 Å². The summed E-state index contributed by atoms with van der Waals surface area (Å²) in [6.45, 7) is 7.12. The van der Waals surface area contributed by atoms with Gasteiger partial charge in [-0.3, -0.25) is 0 Å². The van der Waals surface area contributed by atoms with Crippen LogP contribution in [0.1, 0.15) is 78.6 Å². The van der Waals surface area contributed by atoms with E-state index in [1.54, 1.807) is 0 Å². The number of hydrogen-bond acceptors (Lipinski definition) is 2. The molecule has 0 aromatic rings. The molecule has 1 N–H and O–H groups in total. The number of aliphatic hydroxyl groups is 1. The minimum Gasteiger partial charge on any atom is -0.390 e. The van der Waals surface area contributed by atoms with Gasteiger partial charge < -0.3 is 9.84 Å². The molecule has 0 spiro atoms. The standard InChI is InChI=1S/C21H36O2/c1-19-10-7-15(23-4)13-14(19)5-6-16-17(19)8-11-20(2)18(16)9-12-21(20,3)22/h14-18,22H,5-13H2,1-4H3/t14-,15+,16-,17+,18+,19+,20+,21-/m1/s1. The van der Waals surface area contributed by atoms with Gasteiger partial charge in [0.1, 0.15) is 0 Å². The highest BCUT2D eigenvalue weighted by atomic mass is 16.5. The maximum Gasteiger partial charge on any atom is 0.0675 e. The first-order chi connectivity index (χ1) is 10.8. The van der Waals surface area contributed by atoms with Crippen LogP contribution in [-0.2, 0) is 4.74 Å². The number of ether oxygens (including phenoxy) is 1. The number of rotatable bonds is 1. The molecule has 23 heavy (non-hydrogen) atoms. The molecule has 0 unspecified atom stereocenters. The molecule has 0 heterocycles. The Morgan fingerprint density at radius 2 is 1.61 bits per heavy atom. The van der Waals surface area contributed by atoms with E-state index in [2.05, 4.69) is 20.8 Å². The molecule has 0 saturated heterocycles. The van der Waals surface area contributed by atoms with Crippen LogP contribution in [0.15, 0.2) is 0 Å². The summed E-state index contributed by atoms with van der Waals surface area (Å²) in [7, 11) is 1.89. The van der Waals surface area contributed by atoms with Crippen LogP contribution in [0.5, 0.6) is 0 Å². The Kier molecular flexibility index (Phi) is 3.71. The van der Waals surface area contributed by atoms with E-state index in [-0.39, 0.29) is 5.41 Å². The van der Waals surface area contributed by atoms with Gasteiger partial charge in [-0.25, -0.2) is 0 Å². The van der Waals surface area contributed by atoms with Crippen molar-refractivity contribution in [3.63, 3.8) is 0 Å². The molecule has 2 heteroatoms. The lowest BCUT2D eigenvalue weighted by Gasteiger charge is -2.61. The highest BCUT2D eigenvalue weighted by Crippen LogP contribution is 2.68. The lowest BCUT2D eigenvalue weighted by molar-refractivity contribution is -0.155. The molecule has 4 aliphatic carbocycles. The first kappa shape index (κ1) is 16.4. The Morgan fingerprint density at radius 1 is 0.870 bits per heavy atom. The lowest BCUT2D eigenvalue weighted by atomic mass is 9.44. The van der Waals surface area contributed by atoms with E-state index in [1.807, 2.05) is 7.11 Å². The molecule has 0 aromatic heterocycles. The van der Waals surface area contributed by atoms with Crippen molar-refractivity contribution in [3.05, 3.63) is 0 Å². The monoisotopic (exact) mass is 320 g/mol. The summed E-state index contributed by atoms with van der Waals surface area (Å²) in [5, 5.41) is 11.0. The van der Waals surface area contributed by atoms with Gasteiger partial charge in [-0.05, 0) is 99.2 Å². The number of methoxy groups -OCH3 is 1. The van der Waals surface area contributed by atoms with E-state index in [9.17, 15) is 5.11 Å². The van der Waals surface area contributed by atoms with E-state index >= 15 is 0 Å². The van der Waals surface area contributed by atoms with Crippen LogP contribution in [0.2, 0.25) is 0 Å². The fourth-order valence-electron chi connectivity index (χ4n) is 7.68. The van der Waals surface area contributed by atoms with Gasteiger partial charge >= 0.3 is 0 Å². The smallest absolute Gasteiger partial charge is 0.0675 e. The minimum absolute atomic E-state index is 0.168. The predicted molar refractivity (Wildman–Crippen MR) is 93.1 cm³/mol. The van der Waals surface area contributed by atoms with Gasteiger partial charge in [0.25, 0.3) is 0 Å². The molecule has 4 fully saturated rings. The second-order valence-corrected chi connectivity index (χ2v) is 10.1. The maximum absolute atomic E-state index is 11.0. The Morgan fingerprint density at radius 3 is 2.35 bits per heavy atom. The van der Waals surface area contributed by atoms with Crippen LogP contribution in [0.4, 0.5) is 0 Å². The summed E-state index contributed by atoms with van der Waals surface area (Å²) < 4.78 is 5.70. The molecule has 0 bridgehead atoms. The SMILES string of the molecule is CO[C@H]1CC[C@@]2(C)[C@H](CC[C@@H]3[C@@H]2CC[C@@]2(C)[C@H]3CC[C@@]2(C)O)C1. The van der Waals surface area contributed by atoms with Gasteiger partial charge in [0, 0.05) is 7.11 Å². The zero-order valence-electron chi connectivity index (χ0n) is 15.6. The molecule has 4 aliphatic rings.